The third kappa shape index (κ3) is 2.76. The first kappa shape index (κ1) is 14.7. The van der Waals surface area contributed by atoms with E-state index in [1.807, 2.05) is 0 Å². The van der Waals surface area contributed by atoms with E-state index in [0.717, 1.165) is 5.56 Å². The van der Waals surface area contributed by atoms with Gasteiger partial charge < -0.3 is 10.4 Å². The van der Waals surface area contributed by atoms with Crippen LogP contribution < -0.4 is 10.9 Å². The van der Waals surface area contributed by atoms with Crippen LogP contribution in [0.2, 0.25) is 0 Å². The Kier molecular flexibility index (Phi) is 3.76. The Hall–Kier alpha value is -3.22. The zero-order valence-electron chi connectivity index (χ0n) is 12.4. The second kappa shape index (κ2) is 5.88. The standard InChI is InChI=1S/C16H14N4O3/c1-10-5-4-8-20-13(10)19-15(22)12(16(20)23)14(21)18-9-11-6-2-3-7-17-11/h2-8,22H,9H2,1H3,(H,18,21). The van der Waals surface area contributed by atoms with Crippen LogP contribution >= 0.6 is 0 Å². The van der Waals surface area contributed by atoms with Gasteiger partial charge in [0.25, 0.3) is 11.5 Å². The minimum atomic E-state index is -0.693. The van der Waals surface area contributed by atoms with Crippen molar-refractivity contribution in [3.63, 3.8) is 0 Å². The maximum absolute atomic E-state index is 12.4. The number of fused-ring (bicyclic) bond motifs is 1. The molecule has 0 unspecified atom stereocenters. The minimum Gasteiger partial charge on any atom is -0.493 e. The lowest BCUT2D eigenvalue weighted by Crippen LogP contribution is -2.31. The van der Waals surface area contributed by atoms with Crippen LogP contribution in [0.25, 0.3) is 5.65 Å². The smallest absolute Gasteiger partial charge is 0.274 e. The van der Waals surface area contributed by atoms with E-state index in [2.05, 4.69) is 15.3 Å². The fraction of sp³-hybridized carbons (Fsp3) is 0.125. The second-order valence-electron chi connectivity index (χ2n) is 5.00. The summed E-state index contributed by atoms with van der Waals surface area (Å²) in [6.07, 6.45) is 3.11. The Balaban J connectivity index is 1.96. The highest BCUT2D eigenvalue weighted by Crippen LogP contribution is 2.13. The third-order valence-corrected chi connectivity index (χ3v) is 3.41. The summed E-state index contributed by atoms with van der Waals surface area (Å²) < 4.78 is 1.24. The summed E-state index contributed by atoms with van der Waals surface area (Å²) in [6, 6.07) is 8.75. The Morgan fingerprint density at radius 3 is 2.87 bits per heavy atom. The molecule has 3 aromatic rings. The molecule has 0 atom stereocenters. The van der Waals surface area contributed by atoms with Crippen molar-refractivity contribution < 1.29 is 9.90 Å². The van der Waals surface area contributed by atoms with Crippen molar-refractivity contribution in [1.29, 1.82) is 0 Å². The summed E-state index contributed by atoms with van der Waals surface area (Å²) in [7, 11) is 0. The van der Waals surface area contributed by atoms with Crippen LogP contribution in [0, 0.1) is 6.92 Å². The molecule has 0 bridgehead atoms. The van der Waals surface area contributed by atoms with Crippen LogP contribution in [-0.4, -0.2) is 25.4 Å². The van der Waals surface area contributed by atoms with Gasteiger partial charge in [0.05, 0.1) is 12.2 Å². The lowest BCUT2D eigenvalue weighted by atomic mass is 10.2. The SMILES string of the molecule is Cc1cccn2c(=O)c(C(=O)NCc3ccccn3)c(O)nc12. The fourth-order valence-electron chi connectivity index (χ4n) is 2.25. The van der Waals surface area contributed by atoms with Crippen molar-refractivity contribution in [3.05, 3.63) is 69.9 Å². The van der Waals surface area contributed by atoms with E-state index in [0.29, 0.717) is 11.3 Å². The maximum atomic E-state index is 12.4. The van der Waals surface area contributed by atoms with Crippen LogP contribution in [0.5, 0.6) is 5.88 Å². The summed E-state index contributed by atoms with van der Waals surface area (Å²) in [5, 5.41) is 12.5. The molecule has 0 aliphatic carbocycles. The summed E-state index contributed by atoms with van der Waals surface area (Å²) in [4.78, 5) is 32.7. The predicted octanol–water partition coefficient (Wildman–Crippen LogP) is 1.03. The molecule has 0 fully saturated rings. The zero-order chi connectivity index (χ0) is 16.4. The van der Waals surface area contributed by atoms with Crippen LogP contribution in [0.4, 0.5) is 0 Å². The molecule has 0 aliphatic heterocycles. The molecule has 0 radical (unpaired) electrons. The number of rotatable bonds is 3. The van der Waals surface area contributed by atoms with Gasteiger partial charge >= 0.3 is 0 Å². The summed E-state index contributed by atoms with van der Waals surface area (Å²) >= 11 is 0. The number of aryl methyl sites for hydroxylation is 1. The van der Waals surface area contributed by atoms with Crippen molar-refractivity contribution in [2.75, 3.05) is 0 Å². The Morgan fingerprint density at radius 2 is 2.13 bits per heavy atom. The summed E-state index contributed by atoms with van der Waals surface area (Å²) in [5.41, 5.74) is 0.681. The number of amides is 1. The number of aromatic nitrogens is 3. The van der Waals surface area contributed by atoms with Gasteiger partial charge in [-0.2, -0.15) is 4.98 Å². The normalized spacial score (nSPS) is 10.7. The summed E-state index contributed by atoms with van der Waals surface area (Å²) in [6.45, 7) is 1.91. The van der Waals surface area contributed by atoms with E-state index in [-0.39, 0.29) is 12.1 Å². The predicted molar refractivity (Wildman–Crippen MR) is 83.3 cm³/mol. The first-order valence-electron chi connectivity index (χ1n) is 6.97. The van der Waals surface area contributed by atoms with Crippen molar-refractivity contribution in [3.8, 4) is 5.88 Å². The molecular weight excluding hydrogens is 296 g/mol. The molecule has 116 valence electrons. The van der Waals surface area contributed by atoms with Gasteiger partial charge in [-0.3, -0.25) is 19.0 Å². The molecule has 3 heterocycles. The van der Waals surface area contributed by atoms with Gasteiger partial charge in [0.15, 0.2) is 5.56 Å². The lowest BCUT2D eigenvalue weighted by Gasteiger charge is -2.08. The molecule has 0 saturated heterocycles. The molecule has 7 heteroatoms. The Morgan fingerprint density at radius 1 is 1.30 bits per heavy atom. The van der Waals surface area contributed by atoms with E-state index in [1.165, 1.54) is 10.6 Å². The Labute approximate surface area is 131 Å². The second-order valence-corrected chi connectivity index (χ2v) is 5.00. The van der Waals surface area contributed by atoms with E-state index < -0.39 is 17.3 Å². The highest BCUT2D eigenvalue weighted by atomic mass is 16.3. The highest BCUT2D eigenvalue weighted by Gasteiger charge is 2.20. The van der Waals surface area contributed by atoms with Crippen molar-refractivity contribution in [2.45, 2.75) is 13.5 Å². The number of carbonyl (C=O) groups excluding carboxylic acids is 1. The number of carbonyl (C=O) groups is 1. The molecular formula is C16H14N4O3. The molecule has 1 amide bonds. The monoisotopic (exact) mass is 310 g/mol. The van der Waals surface area contributed by atoms with Gasteiger partial charge in [-0.15, -0.1) is 0 Å². The maximum Gasteiger partial charge on any atom is 0.274 e. The number of nitrogens with zero attached hydrogens (tertiary/aromatic N) is 3. The Bertz CT molecular complexity index is 935. The molecule has 7 nitrogen and oxygen atoms in total. The lowest BCUT2D eigenvalue weighted by molar-refractivity contribution is 0.0945. The average molecular weight is 310 g/mol. The molecule has 0 aromatic carbocycles. The largest absolute Gasteiger partial charge is 0.493 e. The van der Waals surface area contributed by atoms with Crippen molar-refractivity contribution in [2.24, 2.45) is 0 Å². The van der Waals surface area contributed by atoms with Crippen LogP contribution in [-0.2, 0) is 6.54 Å². The van der Waals surface area contributed by atoms with E-state index in [9.17, 15) is 14.7 Å². The molecule has 2 N–H and O–H groups in total. The first-order valence-corrected chi connectivity index (χ1v) is 6.97. The van der Waals surface area contributed by atoms with Gasteiger partial charge in [0.1, 0.15) is 5.65 Å². The van der Waals surface area contributed by atoms with Crippen LogP contribution in [0.15, 0.2) is 47.5 Å². The van der Waals surface area contributed by atoms with Crippen molar-refractivity contribution >= 4 is 11.6 Å². The van der Waals surface area contributed by atoms with Gasteiger partial charge in [-0.25, -0.2) is 0 Å². The molecule has 3 aromatic heterocycles. The van der Waals surface area contributed by atoms with Crippen LogP contribution in [0.3, 0.4) is 0 Å². The number of hydrogen-bond acceptors (Lipinski definition) is 5. The molecule has 0 spiro atoms. The van der Waals surface area contributed by atoms with E-state index in [4.69, 9.17) is 0 Å². The van der Waals surface area contributed by atoms with Gasteiger partial charge in [-0.05, 0) is 30.7 Å². The number of pyridine rings is 2. The van der Waals surface area contributed by atoms with Crippen molar-refractivity contribution in [1.82, 2.24) is 19.7 Å². The molecule has 0 aliphatic rings. The van der Waals surface area contributed by atoms with E-state index in [1.54, 1.807) is 43.5 Å². The zero-order valence-corrected chi connectivity index (χ0v) is 12.4. The quantitative estimate of drug-likeness (QED) is 0.753. The summed E-state index contributed by atoms with van der Waals surface area (Å²) in [5.74, 6) is -1.27. The molecule has 23 heavy (non-hydrogen) atoms. The minimum absolute atomic E-state index is 0.148. The highest BCUT2D eigenvalue weighted by molar-refractivity contribution is 5.96. The topological polar surface area (TPSA) is 96.6 Å². The third-order valence-electron chi connectivity index (χ3n) is 3.41. The van der Waals surface area contributed by atoms with E-state index >= 15 is 0 Å². The van der Waals surface area contributed by atoms with Gasteiger partial charge in [0.2, 0.25) is 5.88 Å². The number of nitrogens with one attached hydrogen (secondary N) is 1. The van der Waals surface area contributed by atoms with Crippen LogP contribution in [0.1, 0.15) is 21.6 Å². The number of aromatic hydroxyl groups is 1. The number of hydrogen-bond donors (Lipinski definition) is 2. The fourth-order valence-corrected chi connectivity index (χ4v) is 2.25. The van der Waals surface area contributed by atoms with Gasteiger partial charge in [-0.1, -0.05) is 12.1 Å². The first-order chi connectivity index (χ1) is 11.1. The average Bonchev–Trinajstić information content (AvgIpc) is 2.55. The molecule has 3 rings (SSSR count). The molecule has 0 saturated carbocycles. The van der Waals surface area contributed by atoms with Gasteiger partial charge in [0, 0.05) is 12.4 Å².